The number of benzene rings is 1. The first-order chi connectivity index (χ1) is 9.41. The molecule has 2 atom stereocenters. The third kappa shape index (κ3) is 2.98. The molecule has 0 aromatic heterocycles. The predicted molar refractivity (Wildman–Crippen MR) is 83.2 cm³/mol. The van der Waals surface area contributed by atoms with Crippen LogP contribution >= 0.6 is 27.7 Å². The van der Waals surface area contributed by atoms with E-state index in [1.807, 2.05) is 18.7 Å². The maximum absolute atomic E-state index is 12.5. The number of nitro groups is 1. The number of hydrogen-bond donors (Lipinski definition) is 0. The first-order valence-corrected chi connectivity index (χ1v) is 8.12. The minimum Gasteiger partial charge on any atom is -0.334 e. The maximum atomic E-state index is 12.5. The molecule has 0 radical (unpaired) electrons. The fraction of sp³-hybridized carbons (Fsp3) is 0.462. The van der Waals surface area contributed by atoms with Gasteiger partial charge in [-0.25, -0.2) is 0 Å². The molecule has 2 unspecified atom stereocenters. The molecule has 20 heavy (non-hydrogen) atoms. The summed E-state index contributed by atoms with van der Waals surface area (Å²) in [5.74, 6) is 0.760. The van der Waals surface area contributed by atoms with Crippen LogP contribution in [0.25, 0.3) is 0 Å². The summed E-state index contributed by atoms with van der Waals surface area (Å²) in [7, 11) is 0. The van der Waals surface area contributed by atoms with Crippen molar-refractivity contribution in [3.63, 3.8) is 0 Å². The monoisotopic (exact) mass is 358 g/mol. The molecule has 0 aliphatic carbocycles. The van der Waals surface area contributed by atoms with Crippen molar-refractivity contribution in [1.82, 2.24) is 4.90 Å². The Bertz CT molecular complexity index is 552. The van der Waals surface area contributed by atoms with Crippen LogP contribution in [0.5, 0.6) is 0 Å². The van der Waals surface area contributed by atoms with E-state index in [0.717, 1.165) is 5.75 Å². The number of carbonyl (C=O) groups is 1. The van der Waals surface area contributed by atoms with Crippen LogP contribution in [0.15, 0.2) is 22.7 Å². The van der Waals surface area contributed by atoms with E-state index in [0.29, 0.717) is 21.8 Å². The number of rotatable bonds is 2. The molecular formula is C13H15BrN2O3S. The molecule has 1 fully saturated rings. The lowest BCUT2D eigenvalue weighted by Crippen LogP contribution is -2.47. The van der Waals surface area contributed by atoms with Crippen molar-refractivity contribution in [3.8, 4) is 0 Å². The zero-order valence-corrected chi connectivity index (χ0v) is 13.6. The second kappa shape index (κ2) is 6.13. The SMILES string of the molecule is CC1SCCN(C(=O)c2ccc(Br)c([N+](=O)[O-])c2)C1C. The van der Waals surface area contributed by atoms with Crippen molar-refractivity contribution >= 4 is 39.3 Å². The molecule has 1 aliphatic rings. The van der Waals surface area contributed by atoms with Gasteiger partial charge in [-0.3, -0.25) is 14.9 Å². The Balaban J connectivity index is 2.29. The Morgan fingerprint density at radius 3 is 2.85 bits per heavy atom. The Morgan fingerprint density at radius 2 is 2.20 bits per heavy atom. The highest BCUT2D eigenvalue weighted by molar-refractivity contribution is 9.10. The smallest absolute Gasteiger partial charge is 0.284 e. The molecule has 7 heteroatoms. The van der Waals surface area contributed by atoms with Crippen LogP contribution in [0.4, 0.5) is 5.69 Å². The van der Waals surface area contributed by atoms with E-state index in [4.69, 9.17) is 0 Å². The molecule has 1 aromatic carbocycles. The molecular weight excluding hydrogens is 344 g/mol. The highest BCUT2D eigenvalue weighted by Crippen LogP contribution is 2.29. The van der Waals surface area contributed by atoms with Crippen molar-refractivity contribution < 1.29 is 9.72 Å². The Hall–Kier alpha value is -1.08. The van der Waals surface area contributed by atoms with Gasteiger partial charge >= 0.3 is 0 Å². The number of hydrogen-bond acceptors (Lipinski definition) is 4. The Morgan fingerprint density at radius 1 is 1.50 bits per heavy atom. The van der Waals surface area contributed by atoms with E-state index in [1.165, 1.54) is 6.07 Å². The summed E-state index contributed by atoms with van der Waals surface area (Å²) < 4.78 is 0.384. The second-order valence-corrected chi connectivity index (χ2v) is 7.08. The van der Waals surface area contributed by atoms with Gasteiger partial charge in [0.2, 0.25) is 0 Å². The number of halogens is 1. The Labute approximate surface area is 130 Å². The predicted octanol–water partition coefficient (Wildman–Crippen LogP) is 3.32. The normalized spacial score (nSPS) is 22.6. The zero-order valence-electron chi connectivity index (χ0n) is 11.2. The number of nitro benzene ring substituents is 1. The Kier molecular flexibility index (Phi) is 4.70. The molecule has 1 aromatic rings. The fourth-order valence-corrected chi connectivity index (χ4v) is 3.66. The zero-order chi connectivity index (χ0) is 14.9. The molecule has 0 spiro atoms. The van der Waals surface area contributed by atoms with E-state index in [2.05, 4.69) is 22.9 Å². The minimum atomic E-state index is -0.487. The molecule has 1 amide bonds. The van der Waals surface area contributed by atoms with E-state index >= 15 is 0 Å². The lowest BCUT2D eigenvalue weighted by molar-refractivity contribution is -0.385. The van der Waals surface area contributed by atoms with Gasteiger partial charge in [-0.1, -0.05) is 6.92 Å². The molecule has 1 aliphatic heterocycles. The van der Waals surface area contributed by atoms with Crippen LogP contribution in [0.1, 0.15) is 24.2 Å². The molecule has 1 heterocycles. The molecule has 5 nitrogen and oxygen atoms in total. The molecule has 1 saturated heterocycles. The number of carbonyl (C=O) groups excluding carboxylic acids is 1. The van der Waals surface area contributed by atoms with Crippen LogP contribution in [0, 0.1) is 10.1 Å². The van der Waals surface area contributed by atoms with Crippen molar-refractivity contribution in [3.05, 3.63) is 38.3 Å². The van der Waals surface area contributed by atoms with E-state index in [9.17, 15) is 14.9 Å². The van der Waals surface area contributed by atoms with Crippen LogP contribution in [0.2, 0.25) is 0 Å². The van der Waals surface area contributed by atoms with Crippen molar-refractivity contribution in [2.75, 3.05) is 12.3 Å². The van der Waals surface area contributed by atoms with Gasteiger partial charge < -0.3 is 4.90 Å². The van der Waals surface area contributed by atoms with Crippen LogP contribution in [-0.2, 0) is 0 Å². The molecule has 0 N–H and O–H groups in total. The van der Waals surface area contributed by atoms with Gasteiger partial charge in [-0.2, -0.15) is 11.8 Å². The summed E-state index contributed by atoms with van der Waals surface area (Å²) in [6.45, 7) is 4.79. The van der Waals surface area contributed by atoms with E-state index in [-0.39, 0.29) is 17.6 Å². The third-order valence-corrected chi connectivity index (χ3v) is 5.54. The summed E-state index contributed by atoms with van der Waals surface area (Å²) >= 11 is 4.97. The second-order valence-electron chi connectivity index (χ2n) is 4.74. The third-order valence-electron chi connectivity index (χ3n) is 3.53. The standard InChI is InChI=1S/C13H15BrN2O3S/c1-8-9(2)20-6-5-15(8)13(17)10-3-4-11(14)12(7-10)16(18)19/h3-4,7-9H,5-6H2,1-2H3. The highest BCUT2D eigenvalue weighted by atomic mass is 79.9. The summed E-state index contributed by atoms with van der Waals surface area (Å²) in [6.07, 6.45) is 0. The van der Waals surface area contributed by atoms with Crippen LogP contribution in [-0.4, -0.2) is 39.3 Å². The lowest BCUT2D eigenvalue weighted by atomic mass is 10.1. The number of thioether (sulfide) groups is 1. The van der Waals surface area contributed by atoms with Gasteiger partial charge in [0.05, 0.1) is 9.40 Å². The van der Waals surface area contributed by atoms with Crippen molar-refractivity contribution in [2.45, 2.75) is 25.1 Å². The molecule has 108 valence electrons. The topological polar surface area (TPSA) is 63.5 Å². The summed E-state index contributed by atoms with van der Waals surface area (Å²) in [6, 6.07) is 4.64. The van der Waals surface area contributed by atoms with Gasteiger partial charge in [0.1, 0.15) is 0 Å². The first kappa shape index (κ1) is 15.3. The van der Waals surface area contributed by atoms with Gasteiger partial charge in [0, 0.05) is 35.2 Å². The van der Waals surface area contributed by atoms with Gasteiger partial charge in [0.25, 0.3) is 11.6 Å². The minimum absolute atomic E-state index is 0.0806. The average Bonchev–Trinajstić information content (AvgIpc) is 2.41. The lowest BCUT2D eigenvalue weighted by Gasteiger charge is -2.37. The van der Waals surface area contributed by atoms with Crippen molar-refractivity contribution in [1.29, 1.82) is 0 Å². The van der Waals surface area contributed by atoms with E-state index < -0.39 is 4.92 Å². The summed E-state index contributed by atoms with van der Waals surface area (Å²) in [4.78, 5) is 24.8. The first-order valence-electron chi connectivity index (χ1n) is 6.28. The van der Waals surface area contributed by atoms with Gasteiger partial charge in [0.15, 0.2) is 0 Å². The van der Waals surface area contributed by atoms with Gasteiger partial charge in [-0.15, -0.1) is 0 Å². The van der Waals surface area contributed by atoms with E-state index in [1.54, 1.807) is 17.0 Å². The van der Waals surface area contributed by atoms with Crippen LogP contribution < -0.4 is 0 Å². The summed E-state index contributed by atoms with van der Waals surface area (Å²) in [5, 5.41) is 11.3. The van der Waals surface area contributed by atoms with Gasteiger partial charge in [-0.05, 0) is 35.0 Å². The molecule has 0 bridgehead atoms. The summed E-state index contributed by atoms with van der Waals surface area (Å²) in [5.41, 5.74) is 0.286. The fourth-order valence-electron chi connectivity index (χ4n) is 2.17. The number of amides is 1. The average molecular weight is 359 g/mol. The molecule has 0 saturated carbocycles. The van der Waals surface area contributed by atoms with Crippen molar-refractivity contribution in [2.24, 2.45) is 0 Å². The maximum Gasteiger partial charge on any atom is 0.284 e. The van der Waals surface area contributed by atoms with Crippen LogP contribution in [0.3, 0.4) is 0 Å². The largest absolute Gasteiger partial charge is 0.334 e. The molecule has 2 rings (SSSR count). The number of nitrogens with zero attached hydrogens (tertiary/aromatic N) is 2. The highest BCUT2D eigenvalue weighted by Gasteiger charge is 2.30. The quantitative estimate of drug-likeness (QED) is 0.600.